The minimum Gasteiger partial charge on any atom is -0.309 e. The smallest absolute Gasteiger partial charge is 0.235 e. The average molecular weight is 993 g/mol. The lowest BCUT2D eigenvalue weighted by Gasteiger charge is -2.15. The molecule has 362 valence electrons. The van der Waals surface area contributed by atoms with Gasteiger partial charge >= 0.3 is 0 Å². The monoisotopic (exact) mass is 992 g/mol. The Hall–Kier alpha value is -10.6. The van der Waals surface area contributed by atoms with Crippen molar-refractivity contribution in [2.24, 2.45) is 0 Å². The topological polar surface area (TPSA) is 45.5 Å². The summed E-state index contributed by atoms with van der Waals surface area (Å²) in [4.78, 5) is 11.2. The van der Waals surface area contributed by atoms with Crippen LogP contribution in [0.1, 0.15) is 0 Å². The maximum atomic E-state index is 5.71. The van der Waals surface area contributed by atoms with Crippen molar-refractivity contribution in [3.8, 4) is 45.4 Å². The van der Waals surface area contributed by atoms with Crippen LogP contribution in [0, 0.1) is 0 Å². The van der Waals surface area contributed by atoms with E-state index in [9.17, 15) is 0 Å². The van der Waals surface area contributed by atoms with Crippen molar-refractivity contribution in [3.63, 3.8) is 0 Å². The Morgan fingerprint density at radius 3 is 1.24 bits per heavy atom. The third-order valence-electron chi connectivity index (χ3n) is 16.3. The lowest BCUT2D eigenvalue weighted by Crippen LogP contribution is -2.04. The molecule has 78 heavy (non-hydrogen) atoms. The summed E-state index contributed by atoms with van der Waals surface area (Å²) in [5.41, 5.74) is 17.6. The number of rotatable bonds is 6. The quantitative estimate of drug-likeness (QED) is 0.156. The van der Waals surface area contributed by atoms with E-state index in [1.807, 2.05) is 0 Å². The van der Waals surface area contributed by atoms with Gasteiger partial charge in [-0.1, -0.05) is 164 Å². The van der Waals surface area contributed by atoms with E-state index in [4.69, 9.17) is 9.97 Å². The molecule has 12 aromatic carbocycles. The van der Waals surface area contributed by atoms with Crippen LogP contribution in [0.3, 0.4) is 0 Å². The minimum absolute atomic E-state index is 0.626. The molecule has 0 aliphatic heterocycles. The summed E-state index contributed by atoms with van der Waals surface area (Å²) in [6.07, 6.45) is 0. The van der Waals surface area contributed by atoms with Gasteiger partial charge in [-0.25, -0.2) is 9.97 Å². The van der Waals surface area contributed by atoms with E-state index in [0.29, 0.717) is 5.95 Å². The van der Waals surface area contributed by atoms with Crippen LogP contribution < -0.4 is 0 Å². The van der Waals surface area contributed by atoms with E-state index in [0.717, 1.165) is 82.8 Å². The normalized spacial score (nSPS) is 12.1. The highest BCUT2D eigenvalue weighted by Crippen LogP contribution is 2.42. The highest BCUT2D eigenvalue weighted by Gasteiger charge is 2.22. The summed E-state index contributed by atoms with van der Waals surface area (Å²) in [7, 11) is 0. The second-order valence-electron chi connectivity index (χ2n) is 20.5. The Bertz CT molecular complexity index is 5290. The van der Waals surface area contributed by atoms with Gasteiger partial charge in [0, 0.05) is 71.1 Å². The molecule has 0 aliphatic rings. The molecule has 0 bridgehead atoms. The zero-order valence-corrected chi connectivity index (χ0v) is 42.1. The second-order valence-corrected chi connectivity index (χ2v) is 20.5. The predicted octanol–water partition coefficient (Wildman–Crippen LogP) is 18.5. The molecule has 5 heterocycles. The number of benzene rings is 12. The fourth-order valence-electron chi connectivity index (χ4n) is 12.9. The van der Waals surface area contributed by atoms with E-state index >= 15 is 0 Å². The van der Waals surface area contributed by atoms with Crippen LogP contribution in [0.25, 0.3) is 154 Å². The number of hydrogen-bond acceptors (Lipinski definition) is 2. The van der Waals surface area contributed by atoms with Gasteiger partial charge in [-0.05, 0) is 125 Å². The van der Waals surface area contributed by atoms with E-state index in [1.165, 1.54) is 65.5 Å². The summed E-state index contributed by atoms with van der Waals surface area (Å²) >= 11 is 0. The number of para-hydroxylation sites is 6. The number of nitrogens with zero attached hydrogens (tertiary/aromatic N) is 6. The number of hydrogen-bond donors (Lipinski definition) is 0. The molecule has 0 fully saturated rings. The molecule has 17 rings (SSSR count). The van der Waals surface area contributed by atoms with Crippen molar-refractivity contribution in [3.05, 3.63) is 267 Å². The lowest BCUT2D eigenvalue weighted by atomic mass is 10.00. The first-order valence-electron chi connectivity index (χ1n) is 26.6. The third-order valence-corrected chi connectivity index (χ3v) is 16.3. The van der Waals surface area contributed by atoms with E-state index in [-0.39, 0.29) is 0 Å². The van der Waals surface area contributed by atoms with Crippen molar-refractivity contribution in [1.82, 2.24) is 28.2 Å². The predicted molar refractivity (Wildman–Crippen MR) is 325 cm³/mol. The first-order valence-corrected chi connectivity index (χ1v) is 26.6. The molecule has 0 spiro atoms. The van der Waals surface area contributed by atoms with Gasteiger partial charge in [0.05, 0.1) is 55.3 Å². The Morgan fingerprint density at radius 2 is 0.654 bits per heavy atom. The summed E-state index contributed by atoms with van der Waals surface area (Å²) < 4.78 is 9.44. The van der Waals surface area contributed by atoms with Gasteiger partial charge in [0.1, 0.15) is 0 Å². The Labute approximate surface area is 447 Å². The third kappa shape index (κ3) is 6.19. The summed E-state index contributed by atoms with van der Waals surface area (Å²) in [5.74, 6) is 0.626. The molecule has 0 atom stereocenters. The molecule has 0 aliphatic carbocycles. The summed E-state index contributed by atoms with van der Waals surface area (Å²) in [6.45, 7) is 0. The maximum absolute atomic E-state index is 5.71. The van der Waals surface area contributed by atoms with Crippen molar-refractivity contribution in [2.75, 3.05) is 0 Å². The highest BCUT2D eigenvalue weighted by atomic mass is 15.2. The Balaban J connectivity index is 0.836. The van der Waals surface area contributed by atoms with Gasteiger partial charge in [0.25, 0.3) is 0 Å². The van der Waals surface area contributed by atoms with Crippen LogP contribution in [0.4, 0.5) is 0 Å². The maximum Gasteiger partial charge on any atom is 0.235 e. The van der Waals surface area contributed by atoms with Gasteiger partial charge in [0.2, 0.25) is 5.95 Å². The van der Waals surface area contributed by atoms with Crippen molar-refractivity contribution in [2.45, 2.75) is 0 Å². The van der Waals surface area contributed by atoms with Gasteiger partial charge in [0.15, 0.2) is 0 Å². The second kappa shape index (κ2) is 16.5. The fraction of sp³-hybridized carbons (Fsp3) is 0. The Kier molecular flexibility index (Phi) is 9.03. The van der Waals surface area contributed by atoms with Crippen molar-refractivity contribution < 1.29 is 0 Å². The first kappa shape index (κ1) is 42.8. The Morgan fingerprint density at radius 1 is 0.231 bits per heavy atom. The number of fused-ring (bicyclic) bond motifs is 15. The lowest BCUT2D eigenvalue weighted by molar-refractivity contribution is 1.01. The van der Waals surface area contributed by atoms with E-state index in [2.05, 4.69) is 285 Å². The van der Waals surface area contributed by atoms with Gasteiger partial charge in [-0.2, -0.15) is 0 Å². The summed E-state index contributed by atoms with van der Waals surface area (Å²) in [6, 6.07) is 96.9. The molecule has 0 saturated carbocycles. The van der Waals surface area contributed by atoms with Crippen LogP contribution in [0.2, 0.25) is 0 Å². The van der Waals surface area contributed by atoms with Crippen molar-refractivity contribution in [1.29, 1.82) is 0 Å². The zero-order valence-electron chi connectivity index (χ0n) is 42.1. The van der Waals surface area contributed by atoms with E-state index < -0.39 is 0 Å². The molecule has 0 saturated heterocycles. The molecule has 5 aromatic heterocycles. The van der Waals surface area contributed by atoms with Gasteiger partial charge < -0.3 is 13.7 Å². The molecule has 17 aromatic rings. The van der Waals surface area contributed by atoms with Gasteiger partial charge in [-0.15, -0.1) is 0 Å². The molecule has 0 radical (unpaired) electrons. The SMILES string of the molecule is c1ccc(-n2c3ccccc3c3cc(-c4ccc5c(c4)c4ccccc4n5-c4cccc(-c5nc(-n6c7ccccc7c7cc(-n8c9ccccc9c9ccccc98)ccc76)nc6ccc7ccccc7c56)c4)ccc32)cc1. The largest absolute Gasteiger partial charge is 0.309 e. The first-order chi connectivity index (χ1) is 38.7. The average Bonchev–Trinajstić information content (AvgIpc) is 4.40. The van der Waals surface area contributed by atoms with E-state index in [1.54, 1.807) is 0 Å². The van der Waals surface area contributed by atoms with Gasteiger partial charge in [-0.3, -0.25) is 4.57 Å². The molecule has 6 nitrogen and oxygen atoms in total. The van der Waals surface area contributed by atoms with Crippen LogP contribution >= 0.6 is 0 Å². The molecular formula is C72H44N6. The van der Waals surface area contributed by atoms with Crippen molar-refractivity contribution >= 4 is 109 Å². The van der Waals surface area contributed by atoms with Crippen LogP contribution in [-0.4, -0.2) is 28.2 Å². The minimum atomic E-state index is 0.626. The zero-order chi connectivity index (χ0) is 51.0. The fourth-order valence-corrected chi connectivity index (χ4v) is 12.9. The molecular weight excluding hydrogens is 949 g/mol. The molecule has 0 N–H and O–H groups in total. The van der Waals surface area contributed by atoms with Crippen LogP contribution in [0.15, 0.2) is 267 Å². The van der Waals surface area contributed by atoms with Crippen LogP contribution in [-0.2, 0) is 0 Å². The van der Waals surface area contributed by atoms with Crippen LogP contribution in [0.5, 0.6) is 0 Å². The standard InChI is InChI=1S/C72H44N6/c1-2-19-49(20-3-1)75-64-30-13-8-25-55(64)58-42-46(34-38-67(58)75)47-35-39-68-59(43-47)56-26-9-14-31-65(56)76(68)50-21-16-18-48(41-50)71-70-52-22-5-4-17-45(52)33-37-61(70)73-72(74-71)78-66-32-15-10-27-57(66)60-44-51(36-40-69(60)78)77-62-28-11-6-23-53(62)54-24-7-12-29-63(54)77/h1-44H. The molecule has 0 amide bonds. The number of aromatic nitrogens is 6. The summed E-state index contributed by atoms with van der Waals surface area (Å²) in [5, 5.41) is 12.9. The molecule has 0 unspecified atom stereocenters. The highest BCUT2D eigenvalue weighted by molar-refractivity contribution is 6.16. The molecule has 6 heteroatoms.